The zero-order valence-electron chi connectivity index (χ0n) is 9.28. The van der Waals surface area contributed by atoms with Crippen LogP contribution in [-0.4, -0.2) is 29.5 Å². The Bertz CT molecular complexity index is 403. The normalized spacial score (nSPS) is 8.88. The molecule has 1 aromatic rings. The Hall–Kier alpha value is -2.09. The van der Waals surface area contributed by atoms with E-state index in [-0.39, 0.29) is 5.91 Å². The second kappa shape index (κ2) is 6.40. The van der Waals surface area contributed by atoms with E-state index in [2.05, 4.69) is 27.1 Å². The van der Waals surface area contributed by atoms with Crippen LogP contribution in [-0.2, 0) is 4.79 Å². The molecule has 1 N–H and O–H groups in total. The average Bonchev–Trinajstić information content (AvgIpc) is 2.29. The lowest BCUT2D eigenvalue weighted by Gasteiger charge is -1.95. The molecular formula is C11H13N3O2. The van der Waals surface area contributed by atoms with E-state index < -0.39 is 0 Å². The number of aromatic nitrogens is 2. The van der Waals surface area contributed by atoms with E-state index in [1.807, 2.05) is 0 Å². The minimum absolute atomic E-state index is 0.0467. The highest BCUT2D eigenvalue weighted by molar-refractivity contribution is 5.72. The maximum absolute atomic E-state index is 10.6. The summed E-state index contributed by atoms with van der Waals surface area (Å²) in [5.74, 6) is 5.75. The molecule has 0 bridgehead atoms. The lowest BCUT2D eigenvalue weighted by molar-refractivity contribution is -0.118. The van der Waals surface area contributed by atoms with E-state index in [4.69, 9.17) is 4.74 Å². The van der Waals surface area contributed by atoms with Gasteiger partial charge in [0.05, 0.1) is 12.7 Å². The summed E-state index contributed by atoms with van der Waals surface area (Å²) in [5.41, 5.74) is 0.726. The highest BCUT2D eigenvalue weighted by Gasteiger charge is 1.92. The summed E-state index contributed by atoms with van der Waals surface area (Å²) in [5, 5.41) is 2.66. The van der Waals surface area contributed by atoms with Gasteiger partial charge in [0.15, 0.2) is 0 Å². The fourth-order valence-electron chi connectivity index (χ4n) is 0.952. The molecule has 0 unspecified atom stereocenters. The van der Waals surface area contributed by atoms with E-state index in [9.17, 15) is 4.79 Å². The van der Waals surface area contributed by atoms with Crippen molar-refractivity contribution in [2.75, 3.05) is 13.7 Å². The van der Waals surface area contributed by atoms with Crippen LogP contribution in [0.1, 0.15) is 18.9 Å². The first-order valence-electron chi connectivity index (χ1n) is 4.81. The summed E-state index contributed by atoms with van der Waals surface area (Å²) in [7, 11) is 1.51. The van der Waals surface area contributed by atoms with Gasteiger partial charge in [0, 0.05) is 32.3 Å². The van der Waals surface area contributed by atoms with Crippen molar-refractivity contribution in [3.05, 3.63) is 18.0 Å². The third-order valence-corrected chi connectivity index (χ3v) is 1.67. The Morgan fingerprint density at radius 3 is 2.75 bits per heavy atom. The van der Waals surface area contributed by atoms with Gasteiger partial charge < -0.3 is 10.1 Å². The number of methoxy groups -OCH3 is 1. The molecule has 0 radical (unpaired) electrons. The number of ether oxygens (including phenoxy) is 1. The zero-order chi connectivity index (χ0) is 11.8. The van der Waals surface area contributed by atoms with Crippen molar-refractivity contribution < 1.29 is 9.53 Å². The van der Waals surface area contributed by atoms with Crippen molar-refractivity contribution in [2.24, 2.45) is 0 Å². The molecule has 5 nitrogen and oxygen atoms in total. The number of amides is 1. The molecule has 1 amide bonds. The number of hydrogen-bond acceptors (Lipinski definition) is 4. The Balaban J connectivity index is 2.41. The smallest absolute Gasteiger partial charge is 0.316 e. The predicted octanol–water partition coefficient (Wildman–Crippen LogP) is 0.363. The van der Waals surface area contributed by atoms with Crippen LogP contribution in [0.25, 0.3) is 0 Å². The molecule has 0 aliphatic heterocycles. The van der Waals surface area contributed by atoms with Gasteiger partial charge in [-0.1, -0.05) is 11.8 Å². The predicted molar refractivity (Wildman–Crippen MR) is 58.8 cm³/mol. The molecule has 0 atom stereocenters. The summed E-state index contributed by atoms with van der Waals surface area (Å²) in [6.07, 6.45) is 3.79. The number of nitrogens with zero attached hydrogens (tertiary/aromatic N) is 2. The lowest BCUT2D eigenvalue weighted by atomic mass is 10.3. The summed E-state index contributed by atoms with van der Waals surface area (Å²) in [6.45, 7) is 2.03. The second-order valence-electron chi connectivity index (χ2n) is 2.99. The number of rotatable bonds is 3. The van der Waals surface area contributed by atoms with E-state index in [1.165, 1.54) is 14.0 Å². The first-order valence-corrected chi connectivity index (χ1v) is 4.81. The van der Waals surface area contributed by atoms with Gasteiger partial charge in [-0.15, -0.1) is 0 Å². The van der Waals surface area contributed by atoms with Crippen molar-refractivity contribution >= 4 is 5.91 Å². The van der Waals surface area contributed by atoms with Crippen LogP contribution < -0.4 is 10.1 Å². The first-order chi connectivity index (χ1) is 7.72. The fourth-order valence-corrected chi connectivity index (χ4v) is 0.952. The van der Waals surface area contributed by atoms with Gasteiger partial charge in [-0.05, 0) is 0 Å². The van der Waals surface area contributed by atoms with Crippen LogP contribution in [0.15, 0.2) is 12.4 Å². The maximum atomic E-state index is 10.6. The van der Waals surface area contributed by atoms with Crippen molar-refractivity contribution in [3.8, 4) is 17.9 Å². The molecule has 0 fully saturated rings. The van der Waals surface area contributed by atoms with Crippen molar-refractivity contribution in [1.82, 2.24) is 15.3 Å². The van der Waals surface area contributed by atoms with E-state index in [1.54, 1.807) is 12.4 Å². The standard InChI is InChI=1S/C11H13N3O2/c1-9(15)12-6-4-3-5-10-7-13-11(16-2)14-8-10/h7-8H,4,6H2,1-2H3,(H,12,15). The van der Waals surface area contributed by atoms with E-state index in [0.29, 0.717) is 19.0 Å². The van der Waals surface area contributed by atoms with Gasteiger partial charge >= 0.3 is 6.01 Å². The van der Waals surface area contributed by atoms with Crippen molar-refractivity contribution in [3.63, 3.8) is 0 Å². The molecule has 1 rings (SSSR count). The van der Waals surface area contributed by atoms with Gasteiger partial charge in [-0.25, -0.2) is 9.97 Å². The number of carbonyl (C=O) groups is 1. The average molecular weight is 219 g/mol. The summed E-state index contributed by atoms with van der Waals surface area (Å²) in [6, 6.07) is 0.323. The Morgan fingerprint density at radius 1 is 1.50 bits per heavy atom. The largest absolute Gasteiger partial charge is 0.467 e. The monoisotopic (exact) mass is 219 g/mol. The third-order valence-electron chi connectivity index (χ3n) is 1.67. The topological polar surface area (TPSA) is 64.1 Å². The molecule has 5 heteroatoms. The fraction of sp³-hybridized carbons (Fsp3) is 0.364. The van der Waals surface area contributed by atoms with Crippen LogP contribution in [0.2, 0.25) is 0 Å². The van der Waals surface area contributed by atoms with Gasteiger partial charge in [-0.2, -0.15) is 0 Å². The van der Waals surface area contributed by atoms with Gasteiger partial charge in [0.25, 0.3) is 0 Å². The quantitative estimate of drug-likeness (QED) is 0.589. The van der Waals surface area contributed by atoms with Gasteiger partial charge in [0.2, 0.25) is 5.91 Å². The minimum Gasteiger partial charge on any atom is -0.467 e. The number of nitrogens with one attached hydrogen (secondary N) is 1. The molecule has 0 aromatic carbocycles. The number of hydrogen-bond donors (Lipinski definition) is 1. The number of carbonyl (C=O) groups excluding carboxylic acids is 1. The van der Waals surface area contributed by atoms with Crippen molar-refractivity contribution in [2.45, 2.75) is 13.3 Å². The molecule has 0 aliphatic carbocycles. The van der Waals surface area contributed by atoms with Crippen LogP contribution in [0.5, 0.6) is 6.01 Å². The third kappa shape index (κ3) is 4.42. The molecular weight excluding hydrogens is 206 g/mol. The Kier molecular flexibility index (Phi) is 4.80. The molecule has 84 valence electrons. The summed E-state index contributed by atoms with van der Waals surface area (Å²) < 4.78 is 4.82. The molecule has 0 saturated heterocycles. The second-order valence-corrected chi connectivity index (χ2v) is 2.99. The molecule has 0 aliphatic rings. The van der Waals surface area contributed by atoms with Gasteiger partial charge in [0.1, 0.15) is 0 Å². The van der Waals surface area contributed by atoms with E-state index >= 15 is 0 Å². The Labute approximate surface area is 94.2 Å². The Morgan fingerprint density at radius 2 is 2.19 bits per heavy atom. The molecule has 0 spiro atoms. The molecule has 16 heavy (non-hydrogen) atoms. The minimum atomic E-state index is -0.0467. The molecule has 1 heterocycles. The molecule has 1 aromatic heterocycles. The van der Waals surface area contributed by atoms with Crippen molar-refractivity contribution in [1.29, 1.82) is 0 Å². The highest BCUT2D eigenvalue weighted by atomic mass is 16.5. The first kappa shape index (κ1) is 12.0. The summed E-state index contributed by atoms with van der Waals surface area (Å²) >= 11 is 0. The van der Waals surface area contributed by atoms with Gasteiger partial charge in [-0.3, -0.25) is 4.79 Å². The lowest BCUT2D eigenvalue weighted by Crippen LogP contribution is -2.20. The van der Waals surface area contributed by atoms with Crippen LogP contribution in [0, 0.1) is 11.8 Å². The van der Waals surface area contributed by atoms with Crippen LogP contribution in [0.3, 0.4) is 0 Å². The zero-order valence-corrected chi connectivity index (χ0v) is 9.28. The maximum Gasteiger partial charge on any atom is 0.316 e. The SMILES string of the molecule is COc1ncc(C#CCCNC(C)=O)cn1. The highest BCUT2D eigenvalue weighted by Crippen LogP contribution is 1.99. The summed E-state index contributed by atoms with van der Waals surface area (Å²) in [4.78, 5) is 18.4. The van der Waals surface area contributed by atoms with Crippen LogP contribution in [0.4, 0.5) is 0 Å². The van der Waals surface area contributed by atoms with E-state index in [0.717, 1.165) is 5.56 Å². The molecule has 0 saturated carbocycles. The van der Waals surface area contributed by atoms with Crippen LogP contribution >= 0.6 is 0 Å².